The fraction of sp³-hybridized carbons (Fsp3) is 0.375. The van der Waals surface area contributed by atoms with Crippen molar-refractivity contribution in [2.45, 2.75) is 25.7 Å². The fourth-order valence-electron chi connectivity index (χ4n) is 2.77. The first-order valence-electron chi connectivity index (χ1n) is 7.99. The van der Waals surface area contributed by atoms with Crippen LogP contribution in [0.25, 0.3) is 11.0 Å². The zero-order valence-corrected chi connectivity index (χ0v) is 14.1. The molecule has 2 aromatic rings. The fourth-order valence-corrected chi connectivity index (χ4v) is 2.77. The maximum absolute atomic E-state index is 13.2. The number of nitrogens with zero attached hydrogens (tertiary/aromatic N) is 3. The van der Waals surface area contributed by atoms with Crippen LogP contribution in [0.4, 0.5) is 18.0 Å². The van der Waals surface area contributed by atoms with Crippen LogP contribution in [0.2, 0.25) is 0 Å². The van der Waals surface area contributed by atoms with Gasteiger partial charge in [-0.25, -0.2) is 9.78 Å². The Morgan fingerprint density at radius 3 is 2.67 bits per heavy atom. The van der Waals surface area contributed by atoms with Crippen LogP contribution in [-0.4, -0.2) is 51.6 Å². The number of esters is 1. The average Bonchev–Trinajstić information content (AvgIpc) is 3.18. The molecule has 1 fully saturated rings. The van der Waals surface area contributed by atoms with E-state index in [1.165, 1.54) is 31.2 Å². The van der Waals surface area contributed by atoms with Crippen molar-refractivity contribution in [1.82, 2.24) is 19.8 Å². The Kier molecular flexibility index (Phi) is 4.77. The Hall–Kier alpha value is -3.11. The summed E-state index contributed by atoms with van der Waals surface area (Å²) in [5.41, 5.74) is 0.190. The number of benzene rings is 1. The second kappa shape index (κ2) is 6.89. The number of urea groups is 1. The number of alkyl halides is 3. The number of hydrogen-bond acceptors (Lipinski definition) is 5. The van der Waals surface area contributed by atoms with Gasteiger partial charge in [-0.3, -0.25) is 14.5 Å². The lowest BCUT2D eigenvalue weighted by Crippen LogP contribution is -2.42. The third kappa shape index (κ3) is 3.71. The van der Waals surface area contributed by atoms with Gasteiger partial charge >= 0.3 is 18.2 Å². The van der Waals surface area contributed by atoms with Crippen LogP contribution < -0.4 is 5.32 Å². The molecule has 27 heavy (non-hydrogen) atoms. The van der Waals surface area contributed by atoms with Gasteiger partial charge in [-0.15, -0.1) is 0 Å². The maximum Gasteiger partial charge on any atom is 0.449 e. The molecule has 1 N–H and O–H groups in total. The Bertz CT molecular complexity index is 909. The number of imidazole rings is 1. The molecule has 0 spiro atoms. The van der Waals surface area contributed by atoms with Gasteiger partial charge in [0, 0.05) is 13.1 Å². The van der Waals surface area contributed by atoms with Crippen LogP contribution in [0, 0.1) is 0 Å². The first-order valence-corrected chi connectivity index (χ1v) is 7.99. The maximum atomic E-state index is 13.2. The molecular weight excluding hydrogens is 369 g/mol. The molecule has 1 aliphatic rings. The van der Waals surface area contributed by atoms with E-state index in [-0.39, 0.29) is 24.1 Å². The molecule has 144 valence electrons. The zero-order valence-electron chi connectivity index (χ0n) is 14.1. The first kappa shape index (κ1) is 18.7. The number of fused-ring (bicyclic) bond motifs is 1. The first-order chi connectivity index (χ1) is 12.7. The topological polar surface area (TPSA) is 93.5 Å². The summed E-state index contributed by atoms with van der Waals surface area (Å²) in [5, 5.41) is 2.43. The normalized spacial score (nSPS) is 15.7. The highest BCUT2D eigenvalue weighted by molar-refractivity contribution is 5.98. The monoisotopic (exact) mass is 384 g/mol. The van der Waals surface area contributed by atoms with Crippen molar-refractivity contribution >= 4 is 28.9 Å². The van der Waals surface area contributed by atoms with Crippen LogP contribution in [-0.2, 0) is 27.0 Å². The summed E-state index contributed by atoms with van der Waals surface area (Å²) in [5.74, 6) is -3.03. The van der Waals surface area contributed by atoms with Crippen LogP contribution in [0.1, 0.15) is 12.7 Å². The van der Waals surface area contributed by atoms with Crippen LogP contribution in [0.3, 0.4) is 0 Å². The molecule has 1 aliphatic heterocycles. The Morgan fingerprint density at radius 2 is 2.04 bits per heavy atom. The van der Waals surface area contributed by atoms with E-state index in [9.17, 15) is 27.6 Å². The summed E-state index contributed by atoms with van der Waals surface area (Å²) in [6, 6.07) is 5.23. The number of rotatable bonds is 4. The third-order valence-corrected chi connectivity index (χ3v) is 3.97. The number of aromatic nitrogens is 2. The van der Waals surface area contributed by atoms with Gasteiger partial charge in [0.2, 0.25) is 5.82 Å². The predicted molar refractivity (Wildman–Crippen MR) is 85.4 cm³/mol. The van der Waals surface area contributed by atoms with Crippen molar-refractivity contribution in [1.29, 1.82) is 0 Å². The zero-order chi connectivity index (χ0) is 19.8. The summed E-state index contributed by atoms with van der Waals surface area (Å²) < 4.78 is 45.3. The highest BCUT2D eigenvalue weighted by Crippen LogP contribution is 2.31. The van der Waals surface area contributed by atoms with Crippen LogP contribution in [0.5, 0.6) is 0 Å². The average molecular weight is 384 g/mol. The number of carbonyl (C=O) groups is 3. The standard InChI is InChI=1S/C16H15F3N4O4/c1-9(13(25)22-7-6-20-15(22)26)27-12(24)8-23-11-5-3-2-4-10(11)21-14(23)16(17,18)19/h2-5,9H,6-8H2,1H3,(H,20,26). The molecule has 11 heteroatoms. The van der Waals surface area contributed by atoms with Gasteiger partial charge in [-0.1, -0.05) is 12.1 Å². The number of amides is 3. The Morgan fingerprint density at radius 1 is 1.33 bits per heavy atom. The lowest BCUT2D eigenvalue weighted by atomic mass is 10.3. The van der Waals surface area contributed by atoms with E-state index in [4.69, 9.17) is 4.74 Å². The summed E-state index contributed by atoms with van der Waals surface area (Å²) in [4.78, 5) is 40.1. The van der Waals surface area contributed by atoms with Gasteiger partial charge in [0.25, 0.3) is 5.91 Å². The predicted octanol–water partition coefficient (Wildman–Crippen LogP) is 1.54. The molecule has 1 atom stereocenters. The van der Waals surface area contributed by atoms with Crippen molar-refractivity contribution in [2.24, 2.45) is 0 Å². The number of halogens is 3. The summed E-state index contributed by atoms with van der Waals surface area (Å²) >= 11 is 0. The van der Waals surface area contributed by atoms with E-state index in [1.54, 1.807) is 0 Å². The van der Waals surface area contributed by atoms with Crippen molar-refractivity contribution in [3.63, 3.8) is 0 Å². The second-order valence-electron chi connectivity index (χ2n) is 5.86. The minimum atomic E-state index is -4.77. The molecule has 1 aromatic heterocycles. The lowest BCUT2D eigenvalue weighted by Gasteiger charge is -2.18. The lowest BCUT2D eigenvalue weighted by molar-refractivity contribution is -0.159. The van der Waals surface area contributed by atoms with Crippen molar-refractivity contribution < 1.29 is 32.3 Å². The number of hydrogen-bond donors (Lipinski definition) is 1. The number of ether oxygens (including phenoxy) is 1. The number of nitrogens with one attached hydrogen (secondary N) is 1. The van der Waals surface area contributed by atoms with Gasteiger partial charge in [-0.05, 0) is 19.1 Å². The molecule has 1 aromatic carbocycles. The highest BCUT2D eigenvalue weighted by atomic mass is 19.4. The Labute approximate surface area is 150 Å². The van der Waals surface area contributed by atoms with Gasteiger partial charge in [0.05, 0.1) is 11.0 Å². The van der Waals surface area contributed by atoms with Crippen molar-refractivity contribution in [2.75, 3.05) is 13.1 Å². The summed E-state index contributed by atoms with van der Waals surface area (Å²) in [7, 11) is 0. The molecule has 1 unspecified atom stereocenters. The van der Waals surface area contributed by atoms with Crippen LogP contribution >= 0.6 is 0 Å². The summed E-state index contributed by atoms with van der Waals surface area (Å²) in [6.45, 7) is 0.882. The van der Waals surface area contributed by atoms with Crippen molar-refractivity contribution in [3.05, 3.63) is 30.1 Å². The second-order valence-corrected chi connectivity index (χ2v) is 5.86. The molecular formula is C16H15F3N4O4. The Balaban J connectivity index is 1.78. The van der Waals surface area contributed by atoms with E-state index in [0.29, 0.717) is 4.57 Å². The number of carbonyl (C=O) groups excluding carboxylic acids is 3. The molecule has 0 saturated carbocycles. The molecule has 3 amide bonds. The van der Waals surface area contributed by atoms with Crippen LogP contribution in [0.15, 0.2) is 24.3 Å². The van der Waals surface area contributed by atoms with E-state index in [1.807, 2.05) is 0 Å². The number of imide groups is 1. The summed E-state index contributed by atoms with van der Waals surface area (Å²) in [6.07, 6.45) is -6.08. The minimum Gasteiger partial charge on any atom is -0.451 e. The minimum absolute atomic E-state index is 0.0792. The van der Waals surface area contributed by atoms with Gasteiger partial charge in [-0.2, -0.15) is 13.2 Å². The quantitative estimate of drug-likeness (QED) is 0.807. The highest BCUT2D eigenvalue weighted by Gasteiger charge is 2.38. The molecule has 0 radical (unpaired) electrons. The van der Waals surface area contributed by atoms with E-state index >= 15 is 0 Å². The molecule has 0 aliphatic carbocycles. The molecule has 2 heterocycles. The molecule has 0 bridgehead atoms. The third-order valence-electron chi connectivity index (χ3n) is 3.97. The molecule has 3 rings (SSSR count). The molecule has 1 saturated heterocycles. The SMILES string of the molecule is CC(OC(=O)Cn1c(C(F)(F)F)nc2ccccc21)C(=O)N1CCNC1=O. The van der Waals surface area contributed by atoms with E-state index < -0.39 is 42.6 Å². The van der Waals surface area contributed by atoms with E-state index in [2.05, 4.69) is 10.3 Å². The number of para-hydroxylation sites is 2. The smallest absolute Gasteiger partial charge is 0.449 e. The largest absolute Gasteiger partial charge is 0.451 e. The van der Waals surface area contributed by atoms with E-state index in [0.717, 1.165) is 4.90 Å². The molecule has 8 nitrogen and oxygen atoms in total. The van der Waals surface area contributed by atoms with Crippen molar-refractivity contribution in [3.8, 4) is 0 Å². The van der Waals surface area contributed by atoms with Gasteiger partial charge < -0.3 is 14.6 Å². The van der Waals surface area contributed by atoms with Gasteiger partial charge in [0.1, 0.15) is 6.54 Å². The van der Waals surface area contributed by atoms with Gasteiger partial charge in [0.15, 0.2) is 6.10 Å².